The summed E-state index contributed by atoms with van der Waals surface area (Å²) < 4.78 is 57.4. The lowest BCUT2D eigenvalue weighted by Crippen LogP contribution is -2.50. The van der Waals surface area contributed by atoms with Gasteiger partial charge in [0.1, 0.15) is 5.75 Å². The molecular formula is C22H30N4O6S2. The zero-order valence-corrected chi connectivity index (χ0v) is 21.1. The monoisotopic (exact) mass is 510 g/mol. The number of nitrogens with one attached hydrogen (secondary N) is 1. The molecule has 0 aliphatic carbocycles. The van der Waals surface area contributed by atoms with Gasteiger partial charge in [-0.3, -0.25) is 4.79 Å². The summed E-state index contributed by atoms with van der Waals surface area (Å²) in [5, 5.41) is 2.59. The minimum atomic E-state index is -3.59. The molecular weight excluding hydrogens is 480 g/mol. The number of nitrogens with zero attached hydrogens (tertiary/aromatic N) is 3. The number of piperazine rings is 1. The molecule has 0 unspecified atom stereocenters. The quantitative estimate of drug-likeness (QED) is 0.531. The second kappa shape index (κ2) is 10.7. The Morgan fingerprint density at radius 1 is 0.941 bits per heavy atom. The van der Waals surface area contributed by atoms with Crippen molar-refractivity contribution in [3.8, 4) is 5.75 Å². The highest BCUT2D eigenvalue weighted by molar-refractivity contribution is 7.89. The standard InChI is InChI=1S/C22H30N4O6S2/c1-24(2)34(30,31)21-10-4-18(5-11-21)22(27)23-12-17-33(28,29)26-15-13-25(14-16-26)19-6-8-20(32-3)9-7-19/h4-11H,12-17H2,1-3H3,(H,23,27). The van der Waals surface area contributed by atoms with Crippen molar-refractivity contribution in [2.45, 2.75) is 4.90 Å². The maximum Gasteiger partial charge on any atom is 0.251 e. The summed E-state index contributed by atoms with van der Waals surface area (Å²) in [5.74, 6) is 0.0869. The molecule has 2 aromatic rings. The first kappa shape index (κ1) is 25.9. The molecule has 186 valence electrons. The number of benzene rings is 2. The van der Waals surface area contributed by atoms with Crippen LogP contribution in [0.5, 0.6) is 5.75 Å². The van der Waals surface area contributed by atoms with Crippen LogP contribution in [0.4, 0.5) is 5.69 Å². The van der Waals surface area contributed by atoms with E-state index in [-0.39, 0.29) is 22.8 Å². The molecule has 1 fully saturated rings. The van der Waals surface area contributed by atoms with Crippen molar-refractivity contribution < 1.29 is 26.4 Å². The first-order chi connectivity index (χ1) is 16.0. The Balaban J connectivity index is 1.49. The second-order valence-corrected chi connectivity index (χ2v) is 12.2. The van der Waals surface area contributed by atoms with Gasteiger partial charge in [0.05, 0.1) is 17.8 Å². The molecule has 2 aromatic carbocycles. The highest BCUT2D eigenvalue weighted by Crippen LogP contribution is 2.21. The van der Waals surface area contributed by atoms with Crippen LogP contribution < -0.4 is 15.0 Å². The molecule has 0 bridgehead atoms. The van der Waals surface area contributed by atoms with Crippen LogP contribution in [0.1, 0.15) is 10.4 Å². The van der Waals surface area contributed by atoms with Gasteiger partial charge >= 0.3 is 0 Å². The zero-order chi connectivity index (χ0) is 24.9. The first-order valence-electron chi connectivity index (χ1n) is 10.7. The average Bonchev–Trinajstić information content (AvgIpc) is 2.84. The van der Waals surface area contributed by atoms with Gasteiger partial charge in [-0.25, -0.2) is 21.1 Å². The number of methoxy groups -OCH3 is 1. The van der Waals surface area contributed by atoms with Crippen molar-refractivity contribution in [3.63, 3.8) is 0 Å². The molecule has 1 N–H and O–H groups in total. The van der Waals surface area contributed by atoms with E-state index < -0.39 is 26.0 Å². The van der Waals surface area contributed by atoms with Gasteiger partial charge in [0, 0.05) is 58.1 Å². The maximum atomic E-state index is 12.7. The Labute approximate surface area is 201 Å². The lowest BCUT2D eigenvalue weighted by atomic mass is 10.2. The van der Waals surface area contributed by atoms with E-state index in [1.165, 1.54) is 42.7 Å². The van der Waals surface area contributed by atoms with Gasteiger partial charge in [0.15, 0.2) is 0 Å². The van der Waals surface area contributed by atoms with E-state index in [2.05, 4.69) is 10.2 Å². The van der Waals surface area contributed by atoms with Gasteiger partial charge in [-0.05, 0) is 48.5 Å². The second-order valence-electron chi connectivity index (χ2n) is 7.97. The predicted molar refractivity (Wildman–Crippen MR) is 130 cm³/mol. The number of anilines is 1. The van der Waals surface area contributed by atoms with Crippen molar-refractivity contribution in [1.82, 2.24) is 13.9 Å². The summed E-state index contributed by atoms with van der Waals surface area (Å²) in [4.78, 5) is 14.5. The average molecular weight is 511 g/mol. The van der Waals surface area contributed by atoms with Crippen LogP contribution in [0.2, 0.25) is 0 Å². The molecule has 0 saturated carbocycles. The molecule has 0 aromatic heterocycles. The summed E-state index contributed by atoms with van der Waals surface area (Å²) in [7, 11) is -2.65. The van der Waals surface area contributed by atoms with Crippen molar-refractivity contribution >= 4 is 31.6 Å². The summed E-state index contributed by atoms with van der Waals surface area (Å²) in [6.45, 7) is 1.83. The van der Waals surface area contributed by atoms with Gasteiger partial charge in [-0.15, -0.1) is 0 Å². The molecule has 0 spiro atoms. The van der Waals surface area contributed by atoms with Gasteiger partial charge in [-0.2, -0.15) is 4.31 Å². The molecule has 1 aliphatic rings. The Morgan fingerprint density at radius 3 is 2.06 bits per heavy atom. The van der Waals surface area contributed by atoms with Crippen LogP contribution in [-0.2, 0) is 20.0 Å². The molecule has 1 aliphatic heterocycles. The predicted octanol–water partition coefficient (Wildman–Crippen LogP) is 0.827. The third kappa shape index (κ3) is 6.06. The Hall–Kier alpha value is -2.67. The Morgan fingerprint density at radius 2 is 1.53 bits per heavy atom. The number of carbonyl (C=O) groups excluding carboxylic acids is 1. The molecule has 34 heavy (non-hydrogen) atoms. The normalized spacial score (nSPS) is 15.4. The number of carbonyl (C=O) groups is 1. The van der Waals surface area contributed by atoms with E-state index in [4.69, 9.17) is 4.74 Å². The summed E-state index contributed by atoms with van der Waals surface area (Å²) >= 11 is 0. The summed E-state index contributed by atoms with van der Waals surface area (Å²) in [6.07, 6.45) is 0. The zero-order valence-electron chi connectivity index (χ0n) is 19.5. The van der Waals surface area contributed by atoms with Crippen LogP contribution in [0.15, 0.2) is 53.4 Å². The van der Waals surface area contributed by atoms with E-state index >= 15 is 0 Å². The minimum Gasteiger partial charge on any atom is -0.497 e. The third-order valence-corrected chi connectivity index (χ3v) is 9.31. The summed E-state index contributed by atoms with van der Waals surface area (Å²) in [5.41, 5.74) is 1.26. The molecule has 1 heterocycles. The van der Waals surface area contributed by atoms with Crippen LogP contribution in [0.3, 0.4) is 0 Å². The number of hydrogen-bond donors (Lipinski definition) is 1. The first-order valence-corrected chi connectivity index (χ1v) is 13.8. The van der Waals surface area contributed by atoms with E-state index in [1.54, 1.807) is 7.11 Å². The van der Waals surface area contributed by atoms with Crippen LogP contribution in [-0.4, -0.2) is 91.0 Å². The van der Waals surface area contributed by atoms with Crippen LogP contribution in [0.25, 0.3) is 0 Å². The van der Waals surface area contributed by atoms with Gasteiger partial charge in [-0.1, -0.05) is 0 Å². The smallest absolute Gasteiger partial charge is 0.251 e. The topological polar surface area (TPSA) is 116 Å². The molecule has 0 atom stereocenters. The fraction of sp³-hybridized carbons (Fsp3) is 0.409. The number of ether oxygens (including phenoxy) is 1. The third-order valence-electron chi connectivity index (χ3n) is 5.61. The van der Waals surface area contributed by atoms with Gasteiger partial charge in [0.2, 0.25) is 20.0 Å². The Bertz CT molecular complexity index is 1190. The van der Waals surface area contributed by atoms with Crippen molar-refractivity contribution in [2.75, 3.05) is 64.6 Å². The molecule has 1 amide bonds. The lowest BCUT2D eigenvalue weighted by Gasteiger charge is -2.35. The minimum absolute atomic E-state index is 0.0440. The fourth-order valence-electron chi connectivity index (χ4n) is 3.53. The SMILES string of the molecule is COc1ccc(N2CCN(S(=O)(=O)CCNC(=O)c3ccc(S(=O)(=O)N(C)C)cc3)CC2)cc1. The lowest BCUT2D eigenvalue weighted by molar-refractivity contribution is 0.0956. The largest absolute Gasteiger partial charge is 0.497 e. The van der Waals surface area contributed by atoms with Crippen LogP contribution >= 0.6 is 0 Å². The molecule has 10 nitrogen and oxygen atoms in total. The van der Waals surface area contributed by atoms with Crippen molar-refractivity contribution in [2.24, 2.45) is 0 Å². The van der Waals surface area contributed by atoms with Gasteiger partial charge in [0.25, 0.3) is 5.91 Å². The van der Waals surface area contributed by atoms with E-state index in [0.29, 0.717) is 26.2 Å². The highest BCUT2D eigenvalue weighted by Gasteiger charge is 2.27. The molecule has 0 radical (unpaired) electrons. The summed E-state index contributed by atoms with van der Waals surface area (Å²) in [6, 6.07) is 13.1. The number of rotatable bonds is 9. The van der Waals surface area contributed by atoms with Crippen molar-refractivity contribution in [1.29, 1.82) is 0 Å². The Kier molecular flexibility index (Phi) is 8.18. The van der Waals surface area contributed by atoms with Crippen LogP contribution in [0, 0.1) is 0 Å². The molecule has 12 heteroatoms. The highest BCUT2D eigenvalue weighted by atomic mass is 32.2. The van der Waals surface area contributed by atoms with E-state index in [1.807, 2.05) is 24.3 Å². The fourth-order valence-corrected chi connectivity index (χ4v) is 5.77. The van der Waals surface area contributed by atoms with Gasteiger partial charge < -0.3 is 15.0 Å². The molecule has 3 rings (SSSR count). The molecule has 1 saturated heterocycles. The maximum absolute atomic E-state index is 12.7. The van der Waals surface area contributed by atoms with E-state index in [9.17, 15) is 21.6 Å². The number of amides is 1. The number of hydrogen-bond acceptors (Lipinski definition) is 7. The van der Waals surface area contributed by atoms with E-state index in [0.717, 1.165) is 15.7 Å². The number of sulfonamides is 2. The van der Waals surface area contributed by atoms with Crippen molar-refractivity contribution in [3.05, 3.63) is 54.1 Å².